The zero-order valence-electron chi connectivity index (χ0n) is 16.0. The highest BCUT2D eigenvalue weighted by Gasteiger charge is 2.17. The molecule has 2 heterocycles. The van der Waals surface area contributed by atoms with Gasteiger partial charge in [0.05, 0.1) is 10.3 Å². The van der Waals surface area contributed by atoms with Gasteiger partial charge >= 0.3 is 0 Å². The number of aryl methyl sites for hydroxylation is 4. The fourth-order valence-electron chi connectivity index (χ4n) is 2.97. The Hall–Kier alpha value is -2.98. The van der Waals surface area contributed by atoms with Gasteiger partial charge in [-0.3, -0.25) is 4.79 Å². The maximum atomic E-state index is 12.2. The lowest BCUT2D eigenvalue weighted by Gasteiger charge is -2.09. The predicted octanol–water partition coefficient (Wildman–Crippen LogP) is 1.56. The van der Waals surface area contributed by atoms with Crippen LogP contribution in [0.2, 0.25) is 0 Å². The molecule has 0 fully saturated rings. The van der Waals surface area contributed by atoms with Crippen molar-refractivity contribution >= 4 is 32.7 Å². The zero-order chi connectivity index (χ0) is 20.6. The highest BCUT2D eigenvalue weighted by atomic mass is 32.2. The standard InChI is InChI=1S/C18H21N5O4S/c1-10-5-6-13(8-14(10)28(19,25)26)21-15(24)9-27-18-16-11(2)7-12(3)20-17(16)23(4)22-18/h5-8H,9H2,1-4H3,(H,21,24)(H2,19,25,26). The number of sulfonamides is 1. The van der Waals surface area contributed by atoms with Crippen LogP contribution < -0.4 is 15.2 Å². The average Bonchev–Trinajstić information content (AvgIpc) is 2.90. The summed E-state index contributed by atoms with van der Waals surface area (Å²) in [5, 5.41) is 12.8. The van der Waals surface area contributed by atoms with Crippen LogP contribution in [0, 0.1) is 20.8 Å². The molecule has 3 N–H and O–H groups in total. The van der Waals surface area contributed by atoms with E-state index in [2.05, 4.69) is 15.4 Å². The number of primary sulfonamides is 1. The van der Waals surface area contributed by atoms with E-state index in [0.29, 0.717) is 22.8 Å². The molecule has 0 aliphatic heterocycles. The lowest BCUT2D eigenvalue weighted by atomic mass is 10.2. The Morgan fingerprint density at radius 3 is 2.61 bits per heavy atom. The van der Waals surface area contributed by atoms with Crippen molar-refractivity contribution in [3.8, 4) is 5.88 Å². The smallest absolute Gasteiger partial charge is 0.262 e. The Morgan fingerprint density at radius 1 is 1.21 bits per heavy atom. The number of carbonyl (C=O) groups is 1. The molecular formula is C18H21N5O4S. The molecule has 1 aromatic carbocycles. The van der Waals surface area contributed by atoms with Gasteiger partial charge in [0.25, 0.3) is 5.91 Å². The van der Waals surface area contributed by atoms with Gasteiger partial charge < -0.3 is 10.1 Å². The number of hydrogen-bond acceptors (Lipinski definition) is 6. The monoisotopic (exact) mass is 403 g/mol. The van der Waals surface area contributed by atoms with Crippen molar-refractivity contribution in [1.29, 1.82) is 0 Å². The molecule has 2 aromatic heterocycles. The summed E-state index contributed by atoms with van der Waals surface area (Å²) in [5.41, 5.74) is 3.28. The third-order valence-corrected chi connectivity index (χ3v) is 5.26. The average molecular weight is 403 g/mol. The lowest BCUT2D eigenvalue weighted by Crippen LogP contribution is -2.21. The van der Waals surface area contributed by atoms with Crippen LogP contribution in [0.5, 0.6) is 5.88 Å². The fraction of sp³-hybridized carbons (Fsp3) is 0.278. The minimum Gasteiger partial charge on any atom is -0.466 e. The summed E-state index contributed by atoms with van der Waals surface area (Å²) in [6.07, 6.45) is 0. The molecular weight excluding hydrogens is 382 g/mol. The summed E-state index contributed by atoms with van der Waals surface area (Å²) >= 11 is 0. The first kappa shape index (κ1) is 19.8. The Balaban J connectivity index is 1.76. The Labute approximate surface area is 162 Å². The number of benzene rings is 1. The summed E-state index contributed by atoms with van der Waals surface area (Å²) < 4.78 is 30.4. The molecule has 0 unspecified atom stereocenters. The minimum atomic E-state index is -3.88. The van der Waals surface area contributed by atoms with Gasteiger partial charge in [-0.05, 0) is 50.1 Å². The molecule has 10 heteroatoms. The number of hydrogen-bond donors (Lipinski definition) is 2. The van der Waals surface area contributed by atoms with Gasteiger partial charge in [-0.25, -0.2) is 23.2 Å². The van der Waals surface area contributed by atoms with Gasteiger partial charge in [-0.2, -0.15) is 0 Å². The molecule has 0 radical (unpaired) electrons. The predicted molar refractivity (Wildman–Crippen MR) is 105 cm³/mol. The number of nitrogens with one attached hydrogen (secondary N) is 1. The van der Waals surface area contributed by atoms with E-state index < -0.39 is 15.9 Å². The first-order valence-corrected chi connectivity index (χ1v) is 9.98. The van der Waals surface area contributed by atoms with Crippen molar-refractivity contribution in [2.75, 3.05) is 11.9 Å². The molecule has 3 aromatic rings. The molecule has 1 amide bonds. The number of fused-ring (bicyclic) bond motifs is 1. The summed E-state index contributed by atoms with van der Waals surface area (Å²) in [5.74, 6) is -0.146. The van der Waals surface area contributed by atoms with Crippen LogP contribution in [0.25, 0.3) is 11.0 Å². The summed E-state index contributed by atoms with van der Waals surface area (Å²) in [6.45, 7) is 5.15. The molecule has 0 spiro atoms. The number of aromatic nitrogens is 3. The first-order valence-electron chi connectivity index (χ1n) is 8.43. The molecule has 9 nitrogen and oxygen atoms in total. The molecule has 0 saturated heterocycles. The number of nitrogens with two attached hydrogens (primary N) is 1. The van der Waals surface area contributed by atoms with Crippen LogP contribution in [-0.2, 0) is 21.9 Å². The van der Waals surface area contributed by atoms with Gasteiger partial charge in [0.15, 0.2) is 12.3 Å². The third-order valence-electron chi connectivity index (χ3n) is 4.21. The number of amides is 1. The molecule has 0 atom stereocenters. The van der Waals surface area contributed by atoms with Crippen molar-refractivity contribution in [2.24, 2.45) is 12.2 Å². The Morgan fingerprint density at radius 2 is 1.93 bits per heavy atom. The van der Waals surface area contributed by atoms with Crippen molar-refractivity contribution in [2.45, 2.75) is 25.7 Å². The topological polar surface area (TPSA) is 129 Å². The van der Waals surface area contributed by atoms with E-state index in [1.54, 1.807) is 30.8 Å². The highest BCUT2D eigenvalue weighted by Crippen LogP contribution is 2.27. The maximum absolute atomic E-state index is 12.2. The Kier molecular flexibility index (Phi) is 5.09. The number of ether oxygens (including phenoxy) is 1. The first-order chi connectivity index (χ1) is 13.1. The van der Waals surface area contributed by atoms with Crippen molar-refractivity contribution in [1.82, 2.24) is 14.8 Å². The zero-order valence-corrected chi connectivity index (χ0v) is 16.8. The van der Waals surface area contributed by atoms with Crippen LogP contribution in [0.4, 0.5) is 5.69 Å². The number of pyridine rings is 1. The van der Waals surface area contributed by atoms with Crippen LogP contribution in [0.1, 0.15) is 16.8 Å². The highest BCUT2D eigenvalue weighted by molar-refractivity contribution is 7.89. The van der Waals surface area contributed by atoms with Crippen LogP contribution in [0.3, 0.4) is 0 Å². The van der Waals surface area contributed by atoms with Crippen molar-refractivity contribution < 1.29 is 17.9 Å². The molecule has 3 rings (SSSR count). The van der Waals surface area contributed by atoms with Crippen LogP contribution >= 0.6 is 0 Å². The molecule has 148 valence electrons. The van der Waals surface area contributed by atoms with E-state index in [1.807, 2.05) is 19.9 Å². The second-order valence-corrected chi connectivity index (χ2v) is 8.10. The van der Waals surface area contributed by atoms with E-state index in [4.69, 9.17) is 9.88 Å². The largest absolute Gasteiger partial charge is 0.466 e. The summed E-state index contributed by atoms with van der Waals surface area (Å²) in [7, 11) is -2.13. The number of rotatable bonds is 5. The van der Waals surface area contributed by atoms with Gasteiger partial charge in [0.2, 0.25) is 15.9 Å². The van der Waals surface area contributed by atoms with E-state index >= 15 is 0 Å². The van der Waals surface area contributed by atoms with E-state index in [0.717, 1.165) is 16.6 Å². The second kappa shape index (κ2) is 7.21. The van der Waals surface area contributed by atoms with Crippen LogP contribution in [-0.4, -0.2) is 35.7 Å². The van der Waals surface area contributed by atoms with Gasteiger partial charge in [-0.15, -0.1) is 5.10 Å². The van der Waals surface area contributed by atoms with Crippen LogP contribution in [0.15, 0.2) is 29.2 Å². The van der Waals surface area contributed by atoms with Gasteiger partial charge in [0, 0.05) is 18.4 Å². The molecule has 0 aliphatic carbocycles. The second-order valence-electron chi connectivity index (χ2n) is 6.57. The summed E-state index contributed by atoms with van der Waals surface area (Å²) in [4.78, 5) is 16.6. The molecule has 28 heavy (non-hydrogen) atoms. The van der Waals surface area contributed by atoms with Crippen molar-refractivity contribution in [3.05, 3.63) is 41.1 Å². The summed E-state index contributed by atoms with van der Waals surface area (Å²) in [6, 6.07) is 6.39. The van der Waals surface area contributed by atoms with Crippen molar-refractivity contribution in [3.63, 3.8) is 0 Å². The quantitative estimate of drug-likeness (QED) is 0.665. The third kappa shape index (κ3) is 3.97. The van der Waals surface area contributed by atoms with E-state index in [-0.39, 0.29) is 11.5 Å². The number of nitrogens with zero attached hydrogens (tertiary/aromatic N) is 3. The SMILES string of the molecule is Cc1cc(C)c2c(OCC(=O)Nc3ccc(C)c(S(N)(=O)=O)c3)nn(C)c2n1. The number of carbonyl (C=O) groups excluding carboxylic acids is 1. The van der Waals surface area contributed by atoms with Gasteiger partial charge in [0.1, 0.15) is 0 Å². The molecule has 0 bridgehead atoms. The molecule has 0 aliphatic rings. The molecule has 0 saturated carbocycles. The maximum Gasteiger partial charge on any atom is 0.262 e. The normalized spacial score (nSPS) is 11.6. The Bertz CT molecular complexity index is 1180. The fourth-order valence-corrected chi connectivity index (χ4v) is 3.77. The van der Waals surface area contributed by atoms with E-state index in [9.17, 15) is 13.2 Å². The number of anilines is 1. The minimum absolute atomic E-state index is 0.0426. The van der Waals surface area contributed by atoms with E-state index in [1.165, 1.54) is 6.07 Å². The lowest BCUT2D eigenvalue weighted by molar-refractivity contribution is -0.118. The van der Waals surface area contributed by atoms with Gasteiger partial charge in [-0.1, -0.05) is 6.07 Å².